The van der Waals surface area contributed by atoms with Gasteiger partial charge in [0.1, 0.15) is 9.84 Å². The molecule has 1 saturated carbocycles. The minimum atomic E-state index is -2.94. The van der Waals surface area contributed by atoms with Crippen molar-refractivity contribution in [1.82, 2.24) is 5.32 Å². The number of nitrogens with one attached hydrogen (secondary N) is 1. The van der Waals surface area contributed by atoms with Gasteiger partial charge in [-0.2, -0.15) is 0 Å². The van der Waals surface area contributed by atoms with Gasteiger partial charge in [0, 0.05) is 17.3 Å². The molecule has 1 aliphatic carbocycles. The summed E-state index contributed by atoms with van der Waals surface area (Å²) in [7, 11) is -1.00. The predicted molar refractivity (Wildman–Crippen MR) is 83.8 cm³/mol. The molecule has 0 aromatic heterocycles. The molecule has 0 amide bonds. The van der Waals surface area contributed by atoms with Crippen LogP contribution in [0.3, 0.4) is 0 Å². The molecule has 3 nitrogen and oxygen atoms in total. The Morgan fingerprint density at radius 3 is 2.45 bits per heavy atom. The van der Waals surface area contributed by atoms with E-state index in [9.17, 15) is 8.42 Å². The maximum absolute atomic E-state index is 11.8. The monoisotopic (exact) mass is 315 g/mol. The van der Waals surface area contributed by atoms with Gasteiger partial charge in [0.2, 0.25) is 0 Å². The Morgan fingerprint density at radius 1 is 1.25 bits per heavy atom. The maximum atomic E-state index is 11.8. The van der Waals surface area contributed by atoms with Crippen molar-refractivity contribution in [2.45, 2.75) is 37.0 Å². The lowest BCUT2D eigenvalue weighted by Gasteiger charge is -2.34. The third-order valence-corrected chi connectivity index (χ3v) is 6.17. The van der Waals surface area contributed by atoms with Crippen LogP contribution in [0.1, 0.15) is 37.3 Å². The lowest BCUT2D eigenvalue weighted by Crippen LogP contribution is -2.34. The molecule has 112 valence electrons. The highest BCUT2D eigenvalue weighted by atomic mass is 35.5. The lowest BCUT2D eigenvalue weighted by atomic mass is 9.81. The molecule has 0 aliphatic heterocycles. The van der Waals surface area contributed by atoms with E-state index >= 15 is 0 Å². The first-order valence-corrected chi connectivity index (χ1v) is 9.36. The van der Waals surface area contributed by atoms with Gasteiger partial charge in [0.05, 0.1) is 5.25 Å². The van der Waals surface area contributed by atoms with Crippen LogP contribution in [0, 0.1) is 5.92 Å². The minimum absolute atomic E-state index is 0.190. The fourth-order valence-corrected chi connectivity index (χ4v) is 4.53. The van der Waals surface area contributed by atoms with E-state index in [4.69, 9.17) is 11.6 Å². The van der Waals surface area contributed by atoms with Crippen LogP contribution in [0.15, 0.2) is 24.3 Å². The van der Waals surface area contributed by atoms with Gasteiger partial charge in [-0.25, -0.2) is 8.42 Å². The average Bonchev–Trinajstić information content (AvgIpc) is 2.41. The number of hydrogen-bond donors (Lipinski definition) is 1. The number of sulfone groups is 1. The highest BCUT2D eigenvalue weighted by molar-refractivity contribution is 7.91. The zero-order chi connectivity index (χ0) is 14.8. The fourth-order valence-electron chi connectivity index (χ4n) is 3.22. The second-order valence-electron chi connectivity index (χ2n) is 5.70. The zero-order valence-corrected chi connectivity index (χ0v) is 13.5. The van der Waals surface area contributed by atoms with Crippen molar-refractivity contribution in [2.75, 3.05) is 13.3 Å². The summed E-state index contributed by atoms with van der Waals surface area (Å²) in [4.78, 5) is 0. The fraction of sp³-hybridized carbons (Fsp3) is 0.600. The van der Waals surface area contributed by atoms with E-state index in [0.29, 0.717) is 5.92 Å². The molecule has 5 heteroatoms. The van der Waals surface area contributed by atoms with E-state index in [1.54, 1.807) is 0 Å². The van der Waals surface area contributed by atoms with Crippen LogP contribution in [0.2, 0.25) is 5.02 Å². The minimum Gasteiger partial charge on any atom is -0.313 e. The molecule has 0 heterocycles. The van der Waals surface area contributed by atoms with Gasteiger partial charge in [-0.15, -0.1) is 0 Å². The van der Waals surface area contributed by atoms with E-state index in [1.165, 1.54) is 11.8 Å². The van der Waals surface area contributed by atoms with Crippen LogP contribution in [-0.2, 0) is 9.84 Å². The largest absolute Gasteiger partial charge is 0.313 e. The second-order valence-corrected chi connectivity index (χ2v) is 8.46. The first-order chi connectivity index (χ1) is 9.41. The lowest BCUT2D eigenvalue weighted by molar-refractivity contribution is 0.282. The van der Waals surface area contributed by atoms with Gasteiger partial charge in [-0.05, 0) is 49.9 Å². The van der Waals surface area contributed by atoms with Crippen LogP contribution < -0.4 is 5.32 Å². The Morgan fingerprint density at radius 2 is 1.90 bits per heavy atom. The molecule has 1 fully saturated rings. The SMILES string of the molecule is CNC(c1ccc(Cl)cc1)C1CCCC(S(C)(=O)=O)C1. The van der Waals surface area contributed by atoms with Gasteiger partial charge >= 0.3 is 0 Å². The smallest absolute Gasteiger partial charge is 0.150 e. The molecule has 0 radical (unpaired) electrons. The summed E-state index contributed by atoms with van der Waals surface area (Å²) in [5.74, 6) is 0.356. The maximum Gasteiger partial charge on any atom is 0.150 e. The molecule has 0 bridgehead atoms. The molecule has 0 saturated heterocycles. The summed E-state index contributed by atoms with van der Waals surface area (Å²) in [6, 6.07) is 8.01. The second kappa shape index (κ2) is 6.46. The third kappa shape index (κ3) is 3.74. The van der Waals surface area contributed by atoms with E-state index < -0.39 is 9.84 Å². The molecule has 1 aromatic rings. The molecule has 2 rings (SSSR count). The molecule has 1 aromatic carbocycles. The van der Waals surface area contributed by atoms with Crippen molar-refractivity contribution in [3.63, 3.8) is 0 Å². The van der Waals surface area contributed by atoms with Crippen LogP contribution in [-0.4, -0.2) is 27.0 Å². The normalized spacial score (nSPS) is 25.4. The number of rotatable bonds is 4. The van der Waals surface area contributed by atoms with Crippen LogP contribution in [0.25, 0.3) is 0 Å². The summed E-state index contributed by atoms with van der Waals surface area (Å²) >= 11 is 5.93. The van der Waals surface area contributed by atoms with Crippen molar-refractivity contribution in [3.05, 3.63) is 34.9 Å². The van der Waals surface area contributed by atoms with E-state index in [1.807, 2.05) is 31.3 Å². The van der Waals surface area contributed by atoms with Crippen LogP contribution in [0.4, 0.5) is 0 Å². The predicted octanol–water partition coefficient (Wildman–Crippen LogP) is 3.20. The molecule has 0 spiro atoms. The Labute approximate surface area is 126 Å². The molecule has 3 unspecified atom stereocenters. The van der Waals surface area contributed by atoms with Gasteiger partial charge < -0.3 is 5.32 Å². The Balaban J connectivity index is 2.17. The quantitative estimate of drug-likeness (QED) is 0.928. The summed E-state index contributed by atoms with van der Waals surface area (Å²) in [6.07, 6.45) is 4.95. The number of hydrogen-bond acceptors (Lipinski definition) is 3. The summed E-state index contributed by atoms with van der Waals surface area (Å²) in [5, 5.41) is 3.87. The highest BCUT2D eigenvalue weighted by Gasteiger charge is 2.33. The van der Waals surface area contributed by atoms with Crippen molar-refractivity contribution < 1.29 is 8.42 Å². The van der Waals surface area contributed by atoms with Gasteiger partial charge in [-0.1, -0.05) is 30.2 Å². The van der Waals surface area contributed by atoms with Crippen molar-refractivity contribution in [1.29, 1.82) is 0 Å². The Kier molecular flexibility index (Phi) is 5.10. The topological polar surface area (TPSA) is 46.2 Å². The summed E-state index contributed by atoms with van der Waals surface area (Å²) < 4.78 is 23.6. The van der Waals surface area contributed by atoms with E-state index in [-0.39, 0.29) is 11.3 Å². The van der Waals surface area contributed by atoms with Crippen molar-refractivity contribution >= 4 is 21.4 Å². The molecule has 3 atom stereocenters. The highest BCUT2D eigenvalue weighted by Crippen LogP contribution is 2.36. The molecular formula is C15H22ClNO2S. The Bertz CT molecular complexity index is 541. The van der Waals surface area contributed by atoms with Gasteiger partial charge in [0.15, 0.2) is 0 Å². The first-order valence-electron chi connectivity index (χ1n) is 7.03. The summed E-state index contributed by atoms with van der Waals surface area (Å²) in [6.45, 7) is 0. The average molecular weight is 316 g/mol. The molecule has 20 heavy (non-hydrogen) atoms. The third-order valence-electron chi connectivity index (χ3n) is 4.28. The number of halogens is 1. The first kappa shape index (κ1) is 15.8. The molecule has 1 aliphatic rings. The van der Waals surface area contributed by atoms with E-state index in [0.717, 1.165) is 30.7 Å². The zero-order valence-electron chi connectivity index (χ0n) is 12.0. The standard InChI is InChI=1S/C15H22ClNO2S/c1-17-15(11-6-8-13(16)9-7-11)12-4-3-5-14(10-12)20(2,18)19/h6-9,12,14-15,17H,3-5,10H2,1-2H3. The van der Waals surface area contributed by atoms with Crippen LogP contribution in [0.5, 0.6) is 0 Å². The van der Waals surface area contributed by atoms with Gasteiger partial charge in [-0.3, -0.25) is 0 Å². The summed E-state index contributed by atoms with van der Waals surface area (Å²) in [5.41, 5.74) is 1.18. The van der Waals surface area contributed by atoms with Gasteiger partial charge in [0.25, 0.3) is 0 Å². The van der Waals surface area contributed by atoms with Crippen LogP contribution >= 0.6 is 11.6 Å². The van der Waals surface area contributed by atoms with Crippen molar-refractivity contribution in [2.24, 2.45) is 5.92 Å². The Hall–Kier alpha value is -0.580. The molecular weight excluding hydrogens is 294 g/mol. The number of benzene rings is 1. The van der Waals surface area contributed by atoms with Crippen molar-refractivity contribution in [3.8, 4) is 0 Å². The van der Waals surface area contributed by atoms with E-state index in [2.05, 4.69) is 5.32 Å². The molecule has 1 N–H and O–H groups in total.